The van der Waals surface area contributed by atoms with Gasteiger partial charge in [-0.2, -0.15) is 0 Å². The van der Waals surface area contributed by atoms with Crippen LogP contribution in [0.1, 0.15) is 60.3 Å². The van der Waals surface area contributed by atoms with Crippen molar-refractivity contribution in [3.8, 4) is 0 Å². The van der Waals surface area contributed by atoms with Gasteiger partial charge < -0.3 is 15.0 Å². The topological polar surface area (TPSA) is 41.6 Å². The highest BCUT2D eigenvalue weighted by Crippen LogP contribution is 2.39. The number of ether oxygens (including phenoxy) is 1. The van der Waals surface area contributed by atoms with Crippen molar-refractivity contribution in [2.75, 3.05) is 13.1 Å². The van der Waals surface area contributed by atoms with Crippen LogP contribution in [0.5, 0.6) is 0 Å². The first-order valence-electron chi connectivity index (χ1n) is 7.94. The molecule has 0 aromatic carbocycles. The van der Waals surface area contributed by atoms with E-state index in [1.54, 1.807) is 0 Å². The molecule has 2 rings (SSSR count). The summed E-state index contributed by atoms with van der Waals surface area (Å²) in [6.45, 7) is 12.0. The van der Waals surface area contributed by atoms with E-state index in [1.165, 1.54) is 12.8 Å². The molecule has 0 radical (unpaired) electrons. The van der Waals surface area contributed by atoms with E-state index in [1.807, 2.05) is 25.7 Å². The van der Waals surface area contributed by atoms with Crippen molar-refractivity contribution >= 4 is 6.09 Å². The molecule has 1 saturated carbocycles. The van der Waals surface area contributed by atoms with Crippen LogP contribution in [0, 0.1) is 5.92 Å². The highest BCUT2D eigenvalue weighted by molar-refractivity contribution is 5.69. The van der Waals surface area contributed by atoms with E-state index >= 15 is 0 Å². The molecule has 1 saturated heterocycles. The Balaban J connectivity index is 1.85. The lowest BCUT2D eigenvalue weighted by molar-refractivity contribution is 0.0220. The average Bonchev–Trinajstić information content (AvgIpc) is 3.04. The van der Waals surface area contributed by atoms with E-state index in [9.17, 15) is 4.79 Å². The lowest BCUT2D eigenvalue weighted by Gasteiger charge is -2.32. The van der Waals surface area contributed by atoms with Crippen molar-refractivity contribution in [3.05, 3.63) is 0 Å². The summed E-state index contributed by atoms with van der Waals surface area (Å²) in [4.78, 5) is 14.1. The number of amides is 1. The number of likely N-dealkylation sites (tertiary alicyclic amines) is 1. The largest absolute Gasteiger partial charge is 0.444 e. The summed E-state index contributed by atoms with van der Waals surface area (Å²) in [6, 6.07) is 0.280. The molecule has 0 spiro atoms. The van der Waals surface area contributed by atoms with Crippen LogP contribution in [0.15, 0.2) is 0 Å². The van der Waals surface area contributed by atoms with E-state index < -0.39 is 5.60 Å². The Kier molecular flexibility index (Phi) is 4.33. The maximum absolute atomic E-state index is 12.2. The molecule has 1 aliphatic carbocycles. The fourth-order valence-electron chi connectivity index (χ4n) is 2.94. The molecule has 1 heterocycles. The van der Waals surface area contributed by atoms with Crippen LogP contribution in [-0.4, -0.2) is 41.3 Å². The molecule has 1 atom stereocenters. The quantitative estimate of drug-likeness (QED) is 0.861. The van der Waals surface area contributed by atoms with Gasteiger partial charge in [-0.05, 0) is 66.2 Å². The zero-order chi connectivity index (χ0) is 15.0. The summed E-state index contributed by atoms with van der Waals surface area (Å²) < 4.78 is 5.50. The summed E-state index contributed by atoms with van der Waals surface area (Å²) in [6.07, 6.45) is 4.66. The van der Waals surface area contributed by atoms with Crippen molar-refractivity contribution < 1.29 is 9.53 Å². The number of rotatable bonds is 4. The minimum absolute atomic E-state index is 0.161. The van der Waals surface area contributed by atoms with Gasteiger partial charge in [-0.3, -0.25) is 0 Å². The van der Waals surface area contributed by atoms with Gasteiger partial charge in [0.25, 0.3) is 0 Å². The first-order chi connectivity index (χ1) is 9.19. The number of nitrogens with zero attached hydrogens (tertiary/aromatic N) is 1. The summed E-state index contributed by atoms with van der Waals surface area (Å²) in [5, 5.41) is 3.66. The second-order valence-electron chi connectivity index (χ2n) is 7.85. The summed E-state index contributed by atoms with van der Waals surface area (Å²) >= 11 is 0. The van der Waals surface area contributed by atoms with Gasteiger partial charge in [0.15, 0.2) is 0 Å². The molecule has 116 valence electrons. The van der Waals surface area contributed by atoms with Crippen LogP contribution in [0.2, 0.25) is 0 Å². The predicted molar refractivity (Wildman–Crippen MR) is 80.8 cm³/mol. The van der Waals surface area contributed by atoms with E-state index in [2.05, 4.69) is 19.2 Å². The predicted octanol–water partition coefficient (Wildman–Crippen LogP) is 3.16. The average molecular weight is 282 g/mol. The summed E-state index contributed by atoms with van der Waals surface area (Å²) in [5.41, 5.74) is -0.215. The first-order valence-corrected chi connectivity index (χ1v) is 7.94. The molecular weight excluding hydrogens is 252 g/mol. The van der Waals surface area contributed by atoms with Gasteiger partial charge in [-0.25, -0.2) is 4.79 Å². The van der Waals surface area contributed by atoms with Gasteiger partial charge in [-0.15, -0.1) is 0 Å². The Bertz CT molecular complexity index is 356. The number of carbonyl (C=O) groups is 1. The Morgan fingerprint density at radius 2 is 1.85 bits per heavy atom. The van der Waals surface area contributed by atoms with Crippen LogP contribution in [0.25, 0.3) is 0 Å². The maximum atomic E-state index is 12.2. The van der Waals surface area contributed by atoms with Crippen molar-refractivity contribution in [1.82, 2.24) is 10.2 Å². The van der Waals surface area contributed by atoms with Gasteiger partial charge in [0, 0.05) is 24.7 Å². The SMILES string of the molecule is CC(C)(C)OC(=O)N1CCCC1CNC(C)(C)C1CC1. The second kappa shape index (κ2) is 5.55. The van der Waals surface area contributed by atoms with Crippen LogP contribution in [0.3, 0.4) is 0 Å². The van der Waals surface area contributed by atoms with E-state index in [0.29, 0.717) is 0 Å². The maximum Gasteiger partial charge on any atom is 0.410 e. The molecule has 0 bridgehead atoms. The van der Waals surface area contributed by atoms with Gasteiger partial charge in [0.1, 0.15) is 5.60 Å². The highest BCUT2D eigenvalue weighted by Gasteiger charge is 2.39. The molecule has 20 heavy (non-hydrogen) atoms. The zero-order valence-corrected chi connectivity index (χ0v) is 13.7. The molecule has 1 unspecified atom stereocenters. The summed E-state index contributed by atoms with van der Waals surface area (Å²) in [5.74, 6) is 0.805. The van der Waals surface area contributed by atoms with Crippen molar-refractivity contribution in [3.63, 3.8) is 0 Å². The number of hydrogen-bond donors (Lipinski definition) is 1. The van der Waals surface area contributed by atoms with Gasteiger partial charge in [0.05, 0.1) is 0 Å². The first kappa shape index (κ1) is 15.6. The third kappa shape index (κ3) is 4.11. The Labute approximate surface area is 123 Å². The van der Waals surface area contributed by atoms with E-state index in [4.69, 9.17) is 4.74 Å². The van der Waals surface area contributed by atoms with Crippen LogP contribution >= 0.6 is 0 Å². The third-order valence-electron chi connectivity index (χ3n) is 4.40. The molecule has 1 aliphatic heterocycles. The van der Waals surface area contributed by atoms with Crippen LogP contribution < -0.4 is 5.32 Å². The standard InChI is InChI=1S/C16H30N2O2/c1-15(2,3)20-14(19)18-10-6-7-13(18)11-17-16(4,5)12-8-9-12/h12-13,17H,6-11H2,1-5H3. The minimum atomic E-state index is -0.412. The molecular formula is C16H30N2O2. The van der Waals surface area contributed by atoms with E-state index in [0.717, 1.165) is 31.8 Å². The molecule has 0 aromatic heterocycles. The molecule has 4 heteroatoms. The fourth-order valence-corrected chi connectivity index (χ4v) is 2.94. The monoisotopic (exact) mass is 282 g/mol. The Hall–Kier alpha value is -0.770. The third-order valence-corrected chi connectivity index (χ3v) is 4.40. The van der Waals surface area contributed by atoms with Crippen LogP contribution in [-0.2, 0) is 4.74 Å². The Morgan fingerprint density at radius 1 is 1.20 bits per heavy atom. The highest BCUT2D eigenvalue weighted by atomic mass is 16.6. The van der Waals surface area contributed by atoms with Crippen LogP contribution in [0.4, 0.5) is 4.79 Å². The van der Waals surface area contributed by atoms with Gasteiger partial charge in [-0.1, -0.05) is 0 Å². The molecule has 1 N–H and O–H groups in total. The zero-order valence-electron chi connectivity index (χ0n) is 13.7. The minimum Gasteiger partial charge on any atom is -0.444 e. The normalized spacial score (nSPS) is 24.1. The lowest BCUT2D eigenvalue weighted by atomic mass is 9.98. The molecule has 2 fully saturated rings. The smallest absolute Gasteiger partial charge is 0.410 e. The molecule has 0 aromatic rings. The van der Waals surface area contributed by atoms with E-state index in [-0.39, 0.29) is 17.7 Å². The number of nitrogens with one attached hydrogen (secondary N) is 1. The molecule has 2 aliphatic rings. The van der Waals surface area contributed by atoms with Crippen molar-refractivity contribution in [2.45, 2.75) is 77.5 Å². The summed E-state index contributed by atoms with van der Waals surface area (Å²) in [7, 11) is 0. The Morgan fingerprint density at radius 3 is 2.40 bits per heavy atom. The molecule has 4 nitrogen and oxygen atoms in total. The molecule has 1 amide bonds. The lowest BCUT2D eigenvalue weighted by Crippen LogP contribution is -2.50. The fraction of sp³-hybridized carbons (Fsp3) is 0.938. The van der Waals surface area contributed by atoms with Crippen molar-refractivity contribution in [2.24, 2.45) is 5.92 Å². The number of hydrogen-bond acceptors (Lipinski definition) is 3. The second-order valence-corrected chi connectivity index (χ2v) is 7.85. The van der Waals surface area contributed by atoms with Crippen molar-refractivity contribution in [1.29, 1.82) is 0 Å². The van der Waals surface area contributed by atoms with Gasteiger partial charge >= 0.3 is 6.09 Å². The van der Waals surface area contributed by atoms with Gasteiger partial charge in [0.2, 0.25) is 0 Å². The number of carbonyl (C=O) groups excluding carboxylic acids is 1.